The van der Waals surface area contributed by atoms with Crippen molar-refractivity contribution < 1.29 is 4.79 Å². The van der Waals surface area contributed by atoms with Crippen molar-refractivity contribution in [2.24, 2.45) is 0 Å². The zero-order valence-electron chi connectivity index (χ0n) is 11.3. The molecular formula is C16H22O. The maximum absolute atomic E-state index is 12.0. The highest BCUT2D eigenvalue weighted by Crippen LogP contribution is 2.15. The fourth-order valence-corrected chi connectivity index (χ4v) is 2.03. The van der Waals surface area contributed by atoms with Crippen LogP contribution in [0.4, 0.5) is 0 Å². The predicted octanol–water partition coefficient (Wildman–Crippen LogP) is 4.16. The third-order valence-electron chi connectivity index (χ3n) is 3.27. The Kier molecular flexibility index (Phi) is 5.14. The molecule has 92 valence electrons. The average Bonchev–Trinajstić information content (AvgIpc) is 2.31. The normalized spacial score (nSPS) is 10.1. The third kappa shape index (κ3) is 3.85. The van der Waals surface area contributed by atoms with Gasteiger partial charge >= 0.3 is 0 Å². The Morgan fingerprint density at radius 2 is 1.65 bits per heavy atom. The van der Waals surface area contributed by atoms with E-state index in [1.807, 2.05) is 12.1 Å². The Hall–Kier alpha value is -1.37. The molecule has 1 rings (SSSR count). The fourth-order valence-electron chi connectivity index (χ4n) is 2.03. The molecule has 0 radical (unpaired) electrons. The van der Waals surface area contributed by atoms with Crippen LogP contribution in [0, 0.1) is 13.8 Å². The summed E-state index contributed by atoms with van der Waals surface area (Å²) in [4.78, 5) is 12.0. The summed E-state index contributed by atoms with van der Waals surface area (Å²) in [5, 5.41) is 0. The number of aryl methyl sites for hydroxylation is 2. The van der Waals surface area contributed by atoms with Crippen LogP contribution in [0.5, 0.6) is 0 Å². The lowest BCUT2D eigenvalue weighted by Crippen LogP contribution is -2.04. The summed E-state index contributed by atoms with van der Waals surface area (Å²) in [6, 6.07) is 6.18. The SMILES string of the molecule is CCC(=CC(=O)Cc1c(C)cccc1C)CC. The highest BCUT2D eigenvalue weighted by atomic mass is 16.1. The molecule has 0 amide bonds. The van der Waals surface area contributed by atoms with Gasteiger partial charge in [-0.1, -0.05) is 37.6 Å². The van der Waals surface area contributed by atoms with Gasteiger partial charge in [0, 0.05) is 6.42 Å². The molecule has 0 atom stereocenters. The maximum atomic E-state index is 12.0. The number of hydrogen-bond acceptors (Lipinski definition) is 1. The zero-order chi connectivity index (χ0) is 12.8. The van der Waals surface area contributed by atoms with E-state index in [0.29, 0.717) is 6.42 Å². The van der Waals surface area contributed by atoms with Crippen LogP contribution in [0.25, 0.3) is 0 Å². The van der Waals surface area contributed by atoms with Crippen LogP contribution in [0.2, 0.25) is 0 Å². The van der Waals surface area contributed by atoms with Crippen molar-refractivity contribution in [1.29, 1.82) is 0 Å². The van der Waals surface area contributed by atoms with Gasteiger partial charge in [-0.3, -0.25) is 4.79 Å². The molecule has 0 aliphatic rings. The molecule has 1 nitrogen and oxygen atoms in total. The van der Waals surface area contributed by atoms with Gasteiger partial charge in [-0.2, -0.15) is 0 Å². The Balaban J connectivity index is 2.85. The molecule has 0 saturated heterocycles. The van der Waals surface area contributed by atoms with Crippen molar-refractivity contribution in [3.63, 3.8) is 0 Å². The van der Waals surface area contributed by atoms with Gasteiger partial charge < -0.3 is 0 Å². The average molecular weight is 230 g/mol. The van der Waals surface area contributed by atoms with E-state index in [9.17, 15) is 4.79 Å². The van der Waals surface area contributed by atoms with Crippen LogP contribution >= 0.6 is 0 Å². The lowest BCUT2D eigenvalue weighted by atomic mass is 9.97. The van der Waals surface area contributed by atoms with Crippen molar-refractivity contribution in [1.82, 2.24) is 0 Å². The van der Waals surface area contributed by atoms with Gasteiger partial charge in [-0.05, 0) is 49.5 Å². The van der Waals surface area contributed by atoms with Gasteiger partial charge in [0.1, 0.15) is 0 Å². The maximum Gasteiger partial charge on any atom is 0.160 e. The van der Waals surface area contributed by atoms with E-state index in [1.165, 1.54) is 22.3 Å². The monoisotopic (exact) mass is 230 g/mol. The van der Waals surface area contributed by atoms with Crippen molar-refractivity contribution in [3.05, 3.63) is 46.5 Å². The van der Waals surface area contributed by atoms with Crippen LogP contribution in [0.3, 0.4) is 0 Å². The molecule has 0 aromatic heterocycles. The molecule has 0 aliphatic heterocycles. The van der Waals surface area contributed by atoms with Crippen LogP contribution in [0.15, 0.2) is 29.8 Å². The topological polar surface area (TPSA) is 17.1 Å². The molecule has 0 saturated carbocycles. The second-order valence-electron chi connectivity index (χ2n) is 4.52. The molecule has 0 bridgehead atoms. The van der Waals surface area contributed by atoms with Crippen molar-refractivity contribution in [2.75, 3.05) is 0 Å². The minimum absolute atomic E-state index is 0.223. The Bertz CT molecular complexity index is 401. The Labute approximate surface area is 105 Å². The van der Waals surface area contributed by atoms with Crippen LogP contribution < -0.4 is 0 Å². The van der Waals surface area contributed by atoms with E-state index in [0.717, 1.165) is 12.8 Å². The molecule has 0 heterocycles. The molecule has 1 heteroatoms. The molecule has 17 heavy (non-hydrogen) atoms. The molecule has 0 spiro atoms. The summed E-state index contributed by atoms with van der Waals surface area (Å²) in [6.45, 7) is 8.34. The number of hydrogen-bond donors (Lipinski definition) is 0. The lowest BCUT2D eigenvalue weighted by Gasteiger charge is -2.08. The molecule has 1 aromatic carbocycles. The minimum Gasteiger partial charge on any atom is -0.294 e. The van der Waals surface area contributed by atoms with E-state index in [-0.39, 0.29) is 5.78 Å². The van der Waals surface area contributed by atoms with E-state index >= 15 is 0 Å². The van der Waals surface area contributed by atoms with Crippen LogP contribution in [0.1, 0.15) is 43.4 Å². The highest BCUT2D eigenvalue weighted by molar-refractivity contribution is 5.92. The van der Waals surface area contributed by atoms with E-state index in [2.05, 4.69) is 39.8 Å². The van der Waals surface area contributed by atoms with Crippen LogP contribution in [-0.4, -0.2) is 5.78 Å². The third-order valence-corrected chi connectivity index (χ3v) is 3.27. The smallest absolute Gasteiger partial charge is 0.160 e. The van der Waals surface area contributed by atoms with Gasteiger partial charge in [-0.25, -0.2) is 0 Å². The number of ketones is 1. The first-order valence-corrected chi connectivity index (χ1v) is 6.35. The van der Waals surface area contributed by atoms with E-state index in [4.69, 9.17) is 0 Å². The number of allylic oxidation sites excluding steroid dienone is 2. The Morgan fingerprint density at radius 1 is 1.12 bits per heavy atom. The predicted molar refractivity (Wildman–Crippen MR) is 73.3 cm³/mol. The Morgan fingerprint density at radius 3 is 2.12 bits per heavy atom. The largest absolute Gasteiger partial charge is 0.294 e. The standard InChI is InChI=1S/C16H22O/c1-5-14(6-2)10-15(17)11-16-12(3)8-7-9-13(16)4/h7-10H,5-6,11H2,1-4H3. The molecule has 0 unspecified atom stereocenters. The van der Waals surface area contributed by atoms with Crippen molar-refractivity contribution >= 4 is 5.78 Å². The van der Waals surface area contributed by atoms with Crippen molar-refractivity contribution in [2.45, 2.75) is 47.0 Å². The number of benzene rings is 1. The second-order valence-corrected chi connectivity index (χ2v) is 4.52. The molecule has 0 aliphatic carbocycles. The number of rotatable bonds is 5. The van der Waals surface area contributed by atoms with E-state index in [1.54, 1.807) is 0 Å². The van der Waals surface area contributed by atoms with E-state index < -0.39 is 0 Å². The van der Waals surface area contributed by atoms with Crippen LogP contribution in [-0.2, 0) is 11.2 Å². The zero-order valence-corrected chi connectivity index (χ0v) is 11.3. The molecule has 1 aromatic rings. The van der Waals surface area contributed by atoms with Gasteiger partial charge in [0.2, 0.25) is 0 Å². The first kappa shape index (κ1) is 13.7. The first-order chi connectivity index (χ1) is 8.08. The highest BCUT2D eigenvalue weighted by Gasteiger charge is 2.07. The quantitative estimate of drug-likeness (QED) is 0.694. The summed E-state index contributed by atoms with van der Waals surface area (Å²) in [7, 11) is 0. The summed E-state index contributed by atoms with van der Waals surface area (Å²) >= 11 is 0. The van der Waals surface area contributed by atoms with Gasteiger partial charge in [0.25, 0.3) is 0 Å². The lowest BCUT2D eigenvalue weighted by molar-refractivity contribution is -0.114. The summed E-state index contributed by atoms with van der Waals surface area (Å²) in [6.07, 6.45) is 4.29. The van der Waals surface area contributed by atoms with Gasteiger partial charge in [0.05, 0.1) is 0 Å². The summed E-state index contributed by atoms with van der Waals surface area (Å²) in [5.41, 5.74) is 4.84. The van der Waals surface area contributed by atoms with Gasteiger partial charge in [0.15, 0.2) is 5.78 Å². The molecular weight excluding hydrogens is 208 g/mol. The van der Waals surface area contributed by atoms with Gasteiger partial charge in [-0.15, -0.1) is 0 Å². The molecule has 0 N–H and O–H groups in total. The molecule has 0 fully saturated rings. The first-order valence-electron chi connectivity index (χ1n) is 6.35. The number of carbonyl (C=O) groups is 1. The number of carbonyl (C=O) groups excluding carboxylic acids is 1. The second kappa shape index (κ2) is 6.39. The fraction of sp³-hybridized carbons (Fsp3) is 0.438. The minimum atomic E-state index is 0.223. The summed E-state index contributed by atoms with van der Waals surface area (Å²) < 4.78 is 0. The summed E-state index contributed by atoms with van der Waals surface area (Å²) in [5.74, 6) is 0.223. The van der Waals surface area contributed by atoms with Crippen molar-refractivity contribution in [3.8, 4) is 0 Å².